The molecule has 2 N–H and O–H groups in total. The monoisotopic (exact) mass is 260 g/mol. The fourth-order valence-corrected chi connectivity index (χ4v) is 2.78. The number of halogens is 1. The maximum Gasteiger partial charge on any atom is 0.254 e. The van der Waals surface area contributed by atoms with Crippen LogP contribution in [0.3, 0.4) is 0 Å². The molecule has 0 spiro atoms. The lowest BCUT2D eigenvalue weighted by Crippen LogP contribution is -2.34. The van der Waals surface area contributed by atoms with Crippen molar-refractivity contribution < 1.29 is 4.79 Å². The van der Waals surface area contributed by atoms with E-state index in [9.17, 15) is 4.79 Å². The van der Waals surface area contributed by atoms with Crippen molar-refractivity contribution in [3.05, 3.63) is 22.4 Å². The molecule has 2 unspecified atom stereocenters. The van der Waals surface area contributed by atoms with Gasteiger partial charge in [-0.15, -0.1) is 12.4 Å². The molecule has 1 saturated heterocycles. The van der Waals surface area contributed by atoms with Crippen LogP contribution in [0.2, 0.25) is 0 Å². The maximum atomic E-state index is 12.1. The summed E-state index contributed by atoms with van der Waals surface area (Å²) < 4.78 is 0. The number of carbonyl (C=O) groups is 1. The molecule has 0 saturated carbocycles. The highest BCUT2D eigenvalue weighted by Gasteiger charge is 2.31. The Labute approximate surface area is 106 Å². The summed E-state index contributed by atoms with van der Waals surface area (Å²) in [6.07, 6.45) is 1.03. The molecule has 5 heteroatoms. The molecule has 0 radical (unpaired) electrons. The summed E-state index contributed by atoms with van der Waals surface area (Å²) in [7, 11) is 0. The number of nitrogens with two attached hydrogens (primary N) is 1. The lowest BCUT2D eigenvalue weighted by Gasteiger charge is -2.20. The van der Waals surface area contributed by atoms with E-state index in [0.29, 0.717) is 18.5 Å². The summed E-state index contributed by atoms with van der Waals surface area (Å²) in [6, 6.07) is 2.21. The Bertz CT molecular complexity index is 342. The van der Waals surface area contributed by atoms with Crippen molar-refractivity contribution in [1.82, 2.24) is 4.90 Å². The molecule has 1 aliphatic rings. The van der Waals surface area contributed by atoms with Crippen LogP contribution in [0.5, 0.6) is 0 Å². The average molecular weight is 261 g/mol. The first-order valence-electron chi connectivity index (χ1n) is 5.25. The smallest absolute Gasteiger partial charge is 0.254 e. The van der Waals surface area contributed by atoms with Gasteiger partial charge >= 0.3 is 0 Å². The largest absolute Gasteiger partial charge is 0.336 e. The number of hydrogen-bond acceptors (Lipinski definition) is 3. The van der Waals surface area contributed by atoms with E-state index in [-0.39, 0.29) is 18.3 Å². The number of rotatable bonds is 2. The highest BCUT2D eigenvalue weighted by Crippen LogP contribution is 2.24. The Morgan fingerprint density at radius 3 is 2.94 bits per heavy atom. The first kappa shape index (κ1) is 13.5. The Balaban J connectivity index is 0.00000128. The van der Waals surface area contributed by atoms with Crippen LogP contribution in [0.1, 0.15) is 23.7 Å². The first-order valence-corrected chi connectivity index (χ1v) is 6.20. The molecule has 2 rings (SSSR count). The van der Waals surface area contributed by atoms with Crippen molar-refractivity contribution in [3.63, 3.8) is 0 Å². The summed E-state index contributed by atoms with van der Waals surface area (Å²) in [6.45, 7) is 3.59. The van der Waals surface area contributed by atoms with Crippen LogP contribution in [0.25, 0.3) is 0 Å². The highest BCUT2D eigenvalue weighted by molar-refractivity contribution is 7.08. The van der Waals surface area contributed by atoms with Crippen molar-refractivity contribution in [3.8, 4) is 0 Å². The second-order valence-corrected chi connectivity index (χ2v) is 4.94. The van der Waals surface area contributed by atoms with Crippen LogP contribution in [-0.4, -0.2) is 29.9 Å². The number of hydrogen-bond donors (Lipinski definition) is 1. The number of thiophene rings is 1. The van der Waals surface area contributed by atoms with Gasteiger partial charge < -0.3 is 10.6 Å². The number of likely N-dealkylation sites (tertiary alicyclic amines) is 1. The van der Waals surface area contributed by atoms with Crippen molar-refractivity contribution in [2.75, 3.05) is 13.1 Å². The van der Waals surface area contributed by atoms with Gasteiger partial charge in [0.15, 0.2) is 0 Å². The quantitative estimate of drug-likeness (QED) is 0.884. The zero-order valence-corrected chi connectivity index (χ0v) is 10.9. The molecule has 1 amide bonds. The Kier molecular flexibility index (Phi) is 4.77. The van der Waals surface area contributed by atoms with Crippen LogP contribution >= 0.6 is 23.7 Å². The third kappa shape index (κ3) is 2.56. The lowest BCUT2D eigenvalue weighted by atomic mass is 10.1. The van der Waals surface area contributed by atoms with Gasteiger partial charge in [-0.2, -0.15) is 11.3 Å². The van der Waals surface area contributed by atoms with E-state index in [1.807, 2.05) is 21.7 Å². The second-order valence-electron chi connectivity index (χ2n) is 4.16. The standard InChI is InChI=1S/C11H16N2OS.ClH/c1-8-4-9(5-12)6-13(8)11(14)10-2-3-15-7-10;/h2-3,7-9H,4-6,12H2,1H3;1H. The van der Waals surface area contributed by atoms with E-state index < -0.39 is 0 Å². The third-order valence-corrected chi connectivity index (χ3v) is 3.71. The number of carbonyl (C=O) groups excluding carboxylic acids is 1. The molecule has 0 aromatic carbocycles. The normalized spacial score (nSPS) is 24.2. The van der Waals surface area contributed by atoms with Crippen LogP contribution < -0.4 is 5.73 Å². The van der Waals surface area contributed by atoms with Gasteiger partial charge in [0.2, 0.25) is 0 Å². The number of nitrogens with zero attached hydrogens (tertiary/aromatic N) is 1. The lowest BCUT2D eigenvalue weighted by molar-refractivity contribution is 0.0744. The van der Waals surface area contributed by atoms with E-state index >= 15 is 0 Å². The summed E-state index contributed by atoms with van der Waals surface area (Å²) in [5, 5.41) is 3.85. The molecule has 1 aromatic heterocycles. The topological polar surface area (TPSA) is 46.3 Å². The minimum absolute atomic E-state index is 0. The fourth-order valence-electron chi connectivity index (χ4n) is 2.15. The van der Waals surface area contributed by atoms with Gasteiger partial charge in [-0.05, 0) is 37.3 Å². The van der Waals surface area contributed by atoms with Gasteiger partial charge in [0.05, 0.1) is 5.56 Å². The SMILES string of the molecule is CC1CC(CN)CN1C(=O)c1ccsc1.Cl. The Morgan fingerprint density at radius 2 is 2.44 bits per heavy atom. The first-order chi connectivity index (χ1) is 7.22. The highest BCUT2D eigenvalue weighted by atomic mass is 35.5. The maximum absolute atomic E-state index is 12.1. The Hall–Kier alpha value is -0.580. The summed E-state index contributed by atoms with van der Waals surface area (Å²) in [4.78, 5) is 14.0. The second kappa shape index (κ2) is 5.66. The molecule has 0 bridgehead atoms. The van der Waals surface area contributed by atoms with Gasteiger partial charge in [0, 0.05) is 18.0 Å². The summed E-state index contributed by atoms with van der Waals surface area (Å²) >= 11 is 1.56. The molecule has 2 heterocycles. The molecule has 3 nitrogen and oxygen atoms in total. The molecule has 1 aliphatic heterocycles. The van der Waals surface area contributed by atoms with E-state index in [2.05, 4.69) is 6.92 Å². The van der Waals surface area contributed by atoms with E-state index in [4.69, 9.17) is 5.73 Å². The molecule has 90 valence electrons. The van der Waals surface area contributed by atoms with Gasteiger partial charge in [-0.25, -0.2) is 0 Å². The average Bonchev–Trinajstić information content (AvgIpc) is 2.85. The van der Waals surface area contributed by atoms with Gasteiger partial charge in [0.25, 0.3) is 5.91 Å². The van der Waals surface area contributed by atoms with E-state index in [1.165, 1.54) is 0 Å². The fraction of sp³-hybridized carbons (Fsp3) is 0.545. The summed E-state index contributed by atoms with van der Waals surface area (Å²) in [5.41, 5.74) is 6.45. The molecular weight excluding hydrogens is 244 g/mol. The molecular formula is C11H17ClN2OS. The zero-order chi connectivity index (χ0) is 10.8. The molecule has 2 atom stereocenters. The minimum Gasteiger partial charge on any atom is -0.336 e. The van der Waals surface area contributed by atoms with E-state index in [1.54, 1.807) is 11.3 Å². The molecule has 1 fully saturated rings. The van der Waals surface area contributed by atoms with Crippen LogP contribution in [0.15, 0.2) is 16.8 Å². The Morgan fingerprint density at radius 1 is 1.69 bits per heavy atom. The van der Waals surface area contributed by atoms with Crippen LogP contribution in [0, 0.1) is 5.92 Å². The van der Waals surface area contributed by atoms with Gasteiger partial charge in [0.1, 0.15) is 0 Å². The third-order valence-electron chi connectivity index (χ3n) is 3.02. The van der Waals surface area contributed by atoms with Gasteiger partial charge in [-0.1, -0.05) is 0 Å². The molecule has 1 aromatic rings. The predicted octanol–water partition coefficient (Wildman–Crippen LogP) is 1.98. The summed E-state index contributed by atoms with van der Waals surface area (Å²) in [5.74, 6) is 0.627. The zero-order valence-electron chi connectivity index (χ0n) is 9.26. The number of amides is 1. The van der Waals surface area contributed by atoms with Crippen molar-refractivity contribution in [2.24, 2.45) is 11.7 Å². The van der Waals surface area contributed by atoms with Gasteiger partial charge in [-0.3, -0.25) is 4.79 Å². The van der Waals surface area contributed by atoms with Crippen molar-refractivity contribution in [1.29, 1.82) is 0 Å². The van der Waals surface area contributed by atoms with Crippen LogP contribution in [-0.2, 0) is 0 Å². The van der Waals surface area contributed by atoms with Crippen molar-refractivity contribution >= 4 is 29.7 Å². The van der Waals surface area contributed by atoms with Crippen molar-refractivity contribution in [2.45, 2.75) is 19.4 Å². The van der Waals surface area contributed by atoms with E-state index in [0.717, 1.165) is 18.5 Å². The van der Waals surface area contributed by atoms with Crippen LogP contribution in [0.4, 0.5) is 0 Å². The minimum atomic E-state index is 0. The molecule has 0 aliphatic carbocycles. The molecule has 16 heavy (non-hydrogen) atoms. The predicted molar refractivity (Wildman–Crippen MR) is 69.2 cm³/mol.